The average molecular weight is 425 g/mol. The van der Waals surface area contributed by atoms with Crippen molar-refractivity contribution >= 4 is 46.0 Å². The van der Waals surface area contributed by atoms with Gasteiger partial charge >= 0.3 is 0 Å². The van der Waals surface area contributed by atoms with Crippen LogP contribution in [-0.4, -0.2) is 36.7 Å². The Morgan fingerprint density at radius 2 is 2.04 bits per heavy atom. The molecule has 0 fully saturated rings. The van der Waals surface area contributed by atoms with E-state index >= 15 is 0 Å². The van der Waals surface area contributed by atoms with Crippen molar-refractivity contribution in [2.24, 2.45) is 0 Å². The zero-order valence-corrected chi connectivity index (χ0v) is 18.9. The fourth-order valence-corrected chi connectivity index (χ4v) is 4.07. The number of hydrogen-bond acceptors (Lipinski definition) is 2. The molecule has 1 atom stereocenters. The van der Waals surface area contributed by atoms with Crippen LogP contribution in [0, 0.1) is 6.92 Å². The predicted octanol–water partition coefficient (Wildman–Crippen LogP) is 4.61. The summed E-state index contributed by atoms with van der Waals surface area (Å²) in [6.07, 6.45) is 3.67. The van der Waals surface area contributed by atoms with E-state index < -0.39 is 0 Å². The first kappa shape index (κ1) is 22.2. The van der Waals surface area contributed by atoms with Gasteiger partial charge in [-0.15, -0.1) is 11.3 Å². The molecule has 1 unspecified atom stereocenters. The van der Waals surface area contributed by atoms with E-state index in [2.05, 4.69) is 41.7 Å². The van der Waals surface area contributed by atoms with E-state index in [9.17, 15) is 0 Å². The highest BCUT2D eigenvalue weighted by Crippen LogP contribution is 2.21. The molecule has 1 aromatic carbocycles. The molecule has 0 saturated heterocycles. The zero-order chi connectivity index (χ0) is 19.6. The Morgan fingerprint density at radius 1 is 1.26 bits per heavy atom. The highest BCUT2D eigenvalue weighted by atomic mass is 35.5. The Labute approximate surface area is 178 Å². The minimum Gasteiger partial charge on any atom is -0.344 e. The molecule has 0 amide bonds. The maximum Gasteiger partial charge on any atom is 0.173 e. The van der Waals surface area contributed by atoms with Crippen LogP contribution in [0.25, 0.3) is 0 Å². The molecule has 0 radical (unpaired) electrons. The predicted molar refractivity (Wildman–Crippen MR) is 123 cm³/mol. The van der Waals surface area contributed by atoms with Crippen LogP contribution in [0.4, 0.5) is 5.69 Å². The molecule has 0 saturated carbocycles. The molecule has 0 aliphatic rings. The first-order valence-electron chi connectivity index (χ1n) is 9.65. The van der Waals surface area contributed by atoms with Gasteiger partial charge in [0.25, 0.3) is 0 Å². The SMILES string of the molecule is CCCC[NH+](C)CCCN(Cc1cccs1)C(=S)Nc1ccc(C)c(Cl)c1. The van der Waals surface area contributed by atoms with Crippen molar-refractivity contribution in [3.63, 3.8) is 0 Å². The third-order valence-corrected chi connectivity index (χ3v) is 6.25. The van der Waals surface area contributed by atoms with E-state index in [1.165, 1.54) is 30.8 Å². The normalized spacial score (nSPS) is 12.0. The molecule has 0 aliphatic carbocycles. The van der Waals surface area contributed by atoms with Crippen molar-refractivity contribution in [2.45, 2.75) is 39.7 Å². The van der Waals surface area contributed by atoms with Gasteiger partial charge in [-0.05, 0) is 54.7 Å². The van der Waals surface area contributed by atoms with Crippen LogP contribution in [0.5, 0.6) is 0 Å². The quantitative estimate of drug-likeness (QED) is 0.543. The molecule has 6 heteroatoms. The highest BCUT2D eigenvalue weighted by Gasteiger charge is 2.13. The van der Waals surface area contributed by atoms with Crippen molar-refractivity contribution in [1.82, 2.24) is 4.90 Å². The number of nitrogens with zero attached hydrogens (tertiary/aromatic N) is 1. The zero-order valence-electron chi connectivity index (χ0n) is 16.6. The number of thiocarbonyl (C=S) groups is 1. The van der Waals surface area contributed by atoms with Gasteiger partial charge in [-0.25, -0.2) is 0 Å². The third kappa shape index (κ3) is 7.78. The molecule has 1 aromatic heterocycles. The van der Waals surface area contributed by atoms with Gasteiger partial charge in [0.1, 0.15) is 0 Å². The van der Waals surface area contributed by atoms with E-state index in [1.54, 1.807) is 16.2 Å². The van der Waals surface area contributed by atoms with Crippen LogP contribution in [-0.2, 0) is 6.54 Å². The molecule has 27 heavy (non-hydrogen) atoms. The van der Waals surface area contributed by atoms with Gasteiger partial charge in [0.15, 0.2) is 5.11 Å². The van der Waals surface area contributed by atoms with E-state index in [1.807, 2.05) is 25.1 Å². The number of unbranched alkanes of at least 4 members (excludes halogenated alkanes) is 1. The van der Waals surface area contributed by atoms with E-state index in [0.717, 1.165) is 40.9 Å². The molecule has 2 rings (SSSR count). The van der Waals surface area contributed by atoms with Crippen LogP contribution in [0.2, 0.25) is 5.02 Å². The number of halogens is 1. The van der Waals surface area contributed by atoms with Gasteiger partial charge in [-0.3, -0.25) is 0 Å². The molecule has 2 N–H and O–H groups in total. The smallest absolute Gasteiger partial charge is 0.173 e. The fraction of sp³-hybridized carbons (Fsp3) is 0.476. The Hall–Kier alpha value is -1.14. The number of hydrogen-bond donors (Lipinski definition) is 2. The third-order valence-electron chi connectivity index (χ3n) is 4.63. The van der Waals surface area contributed by atoms with Gasteiger partial charge < -0.3 is 15.1 Å². The fourth-order valence-electron chi connectivity index (χ4n) is 2.89. The summed E-state index contributed by atoms with van der Waals surface area (Å²) >= 11 is 13.8. The van der Waals surface area contributed by atoms with Gasteiger partial charge in [0.2, 0.25) is 0 Å². The topological polar surface area (TPSA) is 19.7 Å². The first-order chi connectivity index (χ1) is 13.0. The minimum atomic E-state index is 0.758. The molecule has 0 aliphatic heterocycles. The number of aryl methyl sites for hydroxylation is 1. The molecular formula is C21H31ClN3S2+. The van der Waals surface area contributed by atoms with Crippen LogP contribution >= 0.6 is 35.2 Å². The van der Waals surface area contributed by atoms with Crippen molar-refractivity contribution < 1.29 is 4.90 Å². The number of thiophene rings is 1. The summed E-state index contributed by atoms with van der Waals surface area (Å²) in [6, 6.07) is 10.2. The number of rotatable bonds is 10. The lowest BCUT2D eigenvalue weighted by molar-refractivity contribution is -0.880. The second kappa shape index (κ2) is 11.6. The summed E-state index contributed by atoms with van der Waals surface area (Å²) in [5.41, 5.74) is 2.01. The summed E-state index contributed by atoms with van der Waals surface area (Å²) in [5.74, 6) is 0. The van der Waals surface area contributed by atoms with Crippen LogP contribution in [0.1, 0.15) is 36.6 Å². The summed E-state index contributed by atoms with van der Waals surface area (Å²) in [7, 11) is 2.28. The average Bonchev–Trinajstić information content (AvgIpc) is 3.15. The number of anilines is 1. The maximum atomic E-state index is 6.25. The molecule has 1 heterocycles. The lowest BCUT2D eigenvalue weighted by Crippen LogP contribution is -3.09. The van der Waals surface area contributed by atoms with E-state index in [4.69, 9.17) is 23.8 Å². The van der Waals surface area contributed by atoms with Crippen molar-refractivity contribution in [2.75, 3.05) is 32.0 Å². The minimum absolute atomic E-state index is 0.758. The summed E-state index contributed by atoms with van der Waals surface area (Å²) in [6.45, 7) is 8.46. The molecule has 148 valence electrons. The lowest BCUT2D eigenvalue weighted by atomic mass is 10.2. The van der Waals surface area contributed by atoms with Crippen LogP contribution in [0.15, 0.2) is 35.7 Å². The summed E-state index contributed by atoms with van der Waals surface area (Å²) < 4.78 is 0. The maximum absolute atomic E-state index is 6.25. The Kier molecular flexibility index (Phi) is 9.56. The first-order valence-corrected chi connectivity index (χ1v) is 11.3. The molecule has 3 nitrogen and oxygen atoms in total. The second-order valence-corrected chi connectivity index (χ2v) is 8.89. The monoisotopic (exact) mass is 424 g/mol. The lowest BCUT2D eigenvalue weighted by Gasteiger charge is -2.26. The number of nitrogens with one attached hydrogen (secondary N) is 2. The second-order valence-electron chi connectivity index (χ2n) is 7.06. The molecule has 2 aromatic rings. The molecular weight excluding hydrogens is 394 g/mol. The van der Waals surface area contributed by atoms with Crippen LogP contribution < -0.4 is 10.2 Å². The standard InChI is InChI=1S/C21H30ClN3S2/c1-4-5-11-24(3)12-7-13-25(16-19-8-6-14-27-19)21(26)23-18-10-9-17(2)20(22)15-18/h6,8-10,14-15H,4-5,7,11-13,16H2,1-3H3,(H,23,26)/p+1. The highest BCUT2D eigenvalue weighted by molar-refractivity contribution is 7.80. The largest absolute Gasteiger partial charge is 0.344 e. The number of benzene rings is 1. The molecule has 0 spiro atoms. The van der Waals surface area contributed by atoms with Crippen molar-refractivity contribution in [1.29, 1.82) is 0 Å². The van der Waals surface area contributed by atoms with E-state index in [0.29, 0.717) is 0 Å². The Bertz CT molecular complexity index is 703. The van der Waals surface area contributed by atoms with Gasteiger partial charge in [-0.2, -0.15) is 0 Å². The van der Waals surface area contributed by atoms with E-state index in [-0.39, 0.29) is 0 Å². The van der Waals surface area contributed by atoms with Crippen LogP contribution in [0.3, 0.4) is 0 Å². The van der Waals surface area contributed by atoms with Gasteiger partial charge in [0.05, 0.1) is 26.7 Å². The van der Waals surface area contributed by atoms with Gasteiger partial charge in [0, 0.05) is 28.6 Å². The Balaban J connectivity index is 1.95. The van der Waals surface area contributed by atoms with Gasteiger partial charge in [-0.1, -0.05) is 37.1 Å². The summed E-state index contributed by atoms with van der Waals surface area (Å²) in [4.78, 5) is 5.19. The number of quaternary nitrogens is 1. The Morgan fingerprint density at radius 3 is 2.70 bits per heavy atom. The van der Waals surface area contributed by atoms with Crippen molar-refractivity contribution in [3.8, 4) is 0 Å². The van der Waals surface area contributed by atoms with Crippen molar-refractivity contribution in [3.05, 3.63) is 51.2 Å². The molecule has 0 bridgehead atoms. The summed E-state index contributed by atoms with van der Waals surface area (Å²) in [5, 5.41) is 7.00.